The summed E-state index contributed by atoms with van der Waals surface area (Å²) < 4.78 is 11.0. The van der Waals surface area contributed by atoms with E-state index < -0.39 is 5.54 Å². The molecule has 1 rings (SSSR count). The molecule has 0 heterocycles. The van der Waals surface area contributed by atoms with Crippen LogP contribution < -0.4 is 20.5 Å². The number of carbonyl (C=O) groups excluding carboxylic acids is 1. The van der Waals surface area contributed by atoms with Crippen LogP contribution in [0.4, 0.5) is 0 Å². The Hall–Kier alpha value is -1.75. The van der Waals surface area contributed by atoms with Crippen molar-refractivity contribution in [1.29, 1.82) is 0 Å². The van der Waals surface area contributed by atoms with Crippen molar-refractivity contribution in [1.82, 2.24) is 5.32 Å². The van der Waals surface area contributed by atoms with Crippen molar-refractivity contribution in [3.8, 4) is 11.5 Å². The summed E-state index contributed by atoms with van der Waals surface area (Å²) in [5.41, 5.74) is 5.96. The minimum Gasteiger partial charge on any atom is -0.493 e. The number of benzene rings is 1. The Morgan fingerprint density at radius 3 is 2.39 bits per heavy atom. The van der Waals surface area contributed by atoms with E-state index in [0.29, 0.717) is 29.5 Å². The van der Waals surface area contributed by atoms with Crippen LogP contribution in [0.3, 0.4) is 0 Å². The molecule has 1 atom stereocenters. The fourth-order valence-electron chi connectivity index (χ4n) is 2.59. The Morgan fingerprint density at radius 1 is 1.26 bits per heavy atom. The lowest BCUT2D eigenvalue weighted by atomic mass is 9.90. The van der Waals surface area contributed by atoms with Gasteiger partial charge in [0, 0.05) is 17.6 Å². The van der Waals surface area contributed by atoms with Crippen molar-refractivity contribution in [3.63, 3.8) is 0 Å². The second-order valence-corrected chi connectivity index (χ2v) is 6.85. The van der Waals surface area contributed by atoms with Crippen LogP contribution in [-0.2, 0) is 0 Å². The summed E-state index contributed by atoms with van der Waals surface area (Å²) >= 11 is 0. The summed E-state index contributed by atoms with van der Waals surface area (Å²) in [6.07, 6.45) is 0.858. The molecule has 1 unspecified atom stereocenters. The molecule has 0 fully saturated rings. The number of carbonyl (C=O) groups is 1. The minimum absolute atomic E-state index is 0.0372. The fraction of sp³-hybridized carbons (Fsp3) is 0.611. The predicted octanol–water partition coefficient (Wildman–Crippen LogP) is 2.98. The van der Waals surface area contributed by atoms with Crippen molar-refractivity contribution in [3.05, 3.63) is 23.8 Å². The highest BCUT2D eigenvalue weighted by Crippen LogP contribution is 2.29. The Labute approximate surface area is 139 Å². The van der Waals surface area contributed by atoms with E-state index in [9.17, 15) is 4.79 Å². The third kappa shape index (κ3) is 5.75. The zero-order valence-corrected chi connectivity index (χ0v) is 15.1. The van der Waals surface area contributed by atoms with Crippen LogP contribution in [0, 0.1) is 5.92 Å². The van der Waals surface area contributed by atoms with Gasteiger partial charge in [-0.05, 0) is 51.3 Å². The number of methoxy groups -OCH3 is 1. The van der Waals surface area contributed by atoms with Crippen molar-refractivity contribution in [2.45, 2.75) is 52.7 Å². The average molecular weight is 322 g/mol. The molecule has 1 aromatic rings. The van der Waals surface area contributed by atoms with Gasteiger partial charge in [0.15, 0.2) is 11.5 Å². The SMILES string of the molecule is COc1cc(C(=O)NC(C)(CN)CC(C)C)ccc1OC(C)C. The first-order chi connectivity index (χ1) is 10.7. The molecule has 0 radical (unpaired) electrons. The van der Waals surface area contributed by atoms with Crippen LogP contribution in [0.5, 0.6) is 11.5 Å². The normalized spacial score (nSPS) is 13.8. The first kappa shape index (κ1) is 19.3. The largest absolute Gasteiger partial charge is 0.493 e. The Bertz CT molecular complexity index is 529. The Balaban J connectivity index is 2.95. The maximum absolute atomic E-state index is 12.5. The number of hydrogen-bond acceptors (Lipinski definition) is 4. The van der Waals surface area contributed by atoms with Gasteiger partial charge < -0.3 is 20.5 Å². The molecule has 5 heteroatoms. The highest BCUT2D eigenvalue weighted by molar-refractivity contribution is 5.95. The molecule has 1 amide bonds. The lowest BCUT2D eigenvalue weighted by Gasteiger charge is -2.31. The van der Waals surface area contributed by atoms with Crippen LogP contribution in [-0.4, -0.2) is 31.2 Å². The van der Waals surface area contributed by atoms with E-state index in [-0.39, 0.29) is 12.0 Å². The topological polar surface area (TPSA) is 73.6 Å². The lowest BCUT2D eigenvalue weighted by molar-refractivity contribution is 0.0898. The molecule has 0 aliphatic carbocycles. The van der Waals surface area contributed by atoms with Crippen LogP contribution in [0.15, 0.2) is 18.2 Å². The summed E-state index contributed by atoms with van der Waals surface area (Å²) in [7, 11) is 1.56. The molecule has 5 nitrogen and oxygen atoms in total. The van der Waals surface area contributed by atoms with Gasteiger partial charge in [-0.25, -0.2) is 0 Å². The molecule has 0 aromatic heterocycles. The second kappa shape index (κ2) is 8.20. The summed E-state index contributed by atoms with van der Waals surface area (Å²) in [6, 6.07) is 5.19. The molecule has 0 aliphatic heterocycles. The van der Waals surface area contributed by atoms with Crippen molar-refractivity contribution < 1.29 is 14.3 Å². The molecule has 0 spiro atoms. The highest BCUT2D eigenvalue weighted by atomic mass is 16.5. The number of amides is 1. The molecule has 0 bridgehead atoms. The van der Waals surface area contributed by atoms with Crippen LogP contribution >= 0.6 is 0 Å². The van der Waals surface area contributed by atoms with Crippen LogP contribution in [0.2, 0.25) is 0 Å². The zero-order valence-electron chi connectivity index (χ0n) is 15.1. The van der Waals surface area contributed by atoms with E-state index in [1.54, 1.807) is 25.3 Å². The number of hydrogen-bond donors (Lipinski definition) is 2. The lowest BCUT2D eigenvalue weighted by Crippen LogP contribution is -2.52. The maximum Gasteiger partial charge on any atom is 0.251 e. The van der Waals surface area contributed by atoms with Gasteiger partial charge in [-0.3, -0.25) is 4.79 Å². The molecule has 23 heavy (non-hydrogen) atoms. The highest BCUT2D eigenvalue weighted by Gasteiger charge is 2.26. The van der Waals surface area contributed by atoms with Crippen LogP contribution in [0.25, 0.3) is 0 Å². The predicted molar refractivity (Wildman–Crippen MR) is 93.1 cm³/mol. The third-order valence-electron chi connectivity index (χ3n) is 3.51. The first-order valence-corrected chi connectivity index (χ1v) is 8.08. The van der Waals surface area contributed by atoms with Crippen molar-refractivity contribution in [2.24, 2.45) is 11.7 Å². The van der Waals surface area contributed by atoms with Gasteiger partial charge in [-0.1, -0.05) is 13.8 Å². The Kier molecular flexibility index (Phi) is 6.88. The molecule has 0 saturated carbocycles. The number of ether oxygens (including phenoxy) is 2. The maximum atomic E-state index is 12.5. The van der Waals surface area contributed by atoms with E-state index in [4.69, 9.17) is 15.2 Å². The molecule has 130 valence electrons. The zero-order chi connectivity index (χ0) is 17.6. The van der Waals surface area contributed by atoms with E-state index >= 15 is 0 Å². The van der Waals surface area contributed by atoms with Gasteiger partial charge in [-0.2, -0.15) is 0 Å². The minimum atomic E-state index is -0.425. The quantitative estimate of drug-likeness (QED) is 0.771. The number of nitrogens with two attached hydrogens (primary N) is 1. The van der Waals surface area contributed by atoms with Crippen molar-refractivity contribution in [2.75, 3.05) is 13.7 Å². The van der Waals surface area contributed by atoms with E-state index in [0.717, 1.165) is 6.42 Å². The molecular weight excluding hydrogens is 292 g/mol. The number of rotatable bonds is 8. The summed E-state index contributed by atoms with van der Waals surface area (Å²) in [4.78, 5) is 12.5. The number of nitrogens with one attached hydrogen (secondary N) is 1. The summed E-state index contributed by atoms with van der Waals surface area (Å²) in [6.45, 7) is 10.5. The van der Waals surface area contributed by atoms with E-state index in [1.807, 2.05) is 20.8 Å². The Morgan fingerprint density at radius 2 is 1.91 bits per heavy atom. The standard InChI is InChI=1S/C18H30N2O3/c1-12(2)10-18(5,11-19)20-17(21)14-7-8-15(23-13(3)4)16(9-14)22-6/h7-9,12-13H,10-11,19H2,1-6H3,(H,20,21). The van der Waals surface area contributed by atoms with Gasteiger partial charge in [-0.15, -0.1) is 0 Å². The average Bonchev–Trinajstić information content (AvgIpc) is 2.46. The first-order valence-electron chi connectivity index (χ1n) is 8.08. The summed E-state index contributed by atoms with van der Waals surface area (Å²) in [5, 5.41) is 3.04. The molecular formula is C18H30N2O3. The van der Waals surface area contributed by atoms with E-state index in [2.05, 4.69) is 19.2 Å². The molecule has 0 aliphatic rings. The second-order valence-electron chi connectivity index (χ2n) is 6.85. The van der Waals surface area contributed by atoms with Crippen molar-refractivity contribution >= 4 is 5.91 Å². The van der Waals surface area contributed by atoms with Gasteiger partial charge in [0.1, 0.15) is 0 Å². The van der Waals surface area contributed by atoms with E-state index in [1.165, 1.54) is 0 Å². The van der Waals surface area contributed by atoms with Gasteiger partial charge >= 0.3 is 0 Å². The van der Waals surface area contributed by atoms with Gasteiger partial charge in [0.05, 0.1) is 13.2 Å². The molecule has 1 aromatic carbocycles. The fourth-order valence-corrected chi connectivity index (χ4v) is 2.59. The monoisotopic (exact) mass is 322 g/mol. The third-order valence-corrected chi connectivity index (χ3v) is 3.51. The molecule has 0 saturated heterocycles. The molecule has 3 N–H and O–H groups in total. The van der Waals surface area contributed by atoms with Crippen LogP contribution in [0.1, 0.15) is 51.4 Å². The van der Waals surface area contributed by atoms with Gasteiger partial charge in [0.2, 0.25) is 0 Å². The summed E-state index contributed by atoms with van der Waals surface area (Å²) in [5.74, 6) is 1.46. The van der Waals surface area contributed by atoms with Gasteiger partial charge in [0.25, 0.3) is 5.91 Å². The smallest absolute Gasteiger partial charge is 0.251 e.